The van der Waals surface area contributed by atoms with Crippen molar-refractivity contribution in [2.24, 2.45) is 0 Å². The minimum absolute atomic E-state index is 0.133. The number of amides is 1. The van der Waals surface area contributed by atoms with Gasteiger partial charge in [0, 0.05) is 25.4 Å². The van der Waals surface area contributed by atoms with Crippen LogP contribution in [0, 0.1) is 6.92 Å². The second kappa shape index (κ2) is 7.43. The molecule has 4 rings (SSSR count). The zero-order valence-electron chi connectivity index (χ0n) is 15.0. The molecule has 0 aliphatic heterocycles. The Labute approximate surface area is 158 Å². The number of aromatic nitrogens is 6. The van der Waals surface area contributed by atoms with Crippen LogP contribution in [0.3, 0.4) is 0 Å². The number of carbonyl (C=O) groups excluding carboxylic acids is 1. The fourth-order valence-electron chi connectivity index (χ4n) is 2.77. The van der Waals surface area contributed by atoms with Gasteiger partial charge in [0.2, 0.25) is 11.7 Å². The van der Waals surface area contributed by atoms with E-state index in [1.165, 1.54) is 4.57 Å². The molecule has 1 aromatic carbocycles. The van der Waals surface area contributed by atoms with Gasteiger partial charge in [0.25, 0.3) is 0 Å². The standard InChI is InChI=1S/C18H17N7O3/c1-11-2-3-14-13(8-11)25(18(27)28-14)7-4-16(26)21-10-15-22-17(24-23-15)12-9-19-5-6-20-12/h2-3,5-6,8-9H,4,7,10H2,1H3,(H,21,26)(H,22,23,24). The molecule has 142 valence electrons. The predicted molar refractivity (Wildman–Crippen MR) is 99.1 cm³/mol. The van der Waals surface area contributed by atoms with Crippen molar-refractivity contribution in [3.63, 3.8) is 0 Å². The SMILES string of the molecule is Cc1ccc2oc(=O)n(CCC(=O)NCc3nc(-c4cnccn4)n[nH]3)c2c1. The summed E-state index contributed by atoms with van der Waals surface area (Å²) in [4.78, 5) is 36.5. The van der Waals surface area contributed by atoms with Gasteiger partial charge in [0.15, 0.2) is 5.58 Å². The Bertz CT molecular complexity index is 1180. The molecule has 4 aromatic rings. The van der Waals surface area contributed by atoms with Gasteiger partial charge in [-0.05, 0) is 24.6 Å². The number of nitrogens with one attached hydrogen (secondary N) is 2. The van der Waals surface area contributed by atoms with Gasteiger partial charge >= 0.3 is 5.76 Å². The number of hydrogen-bond acceptors (Lipinski definition) is 7. The van der Waals surface area contributed by atoms with Gasteiger partial charge in [-0.1, -0.05) is 6.07 Å². The maximum absolute atomic E-state index is 12.2. The number of aryl methyl sites for hydroxylation is 2. The van der Waals surface area contributed by atoms with Crippen LogP contribution in [0.4, 0.5) is 0 Å². The van der Waals surface area contributed by atoms with E-state index >= 15 is 0 Å². The molecule has 0 fully saturated rings. The van der Waals surface area contributed by atoms with E-state index in [2.05, 4.69) is 30.5 Å². The summed E-state index contributed by atoms with van der Waals surface area (Å²) in [5.74, 6) is 0.211. The Morgan fingerprint density at radius 3 is 3.04 bits per heavy atom. The van der Waals surface area contributed by atoms with Gasteiger partial charge < -0.3 is 9.73 Å². The van der Waals surface area contributed by atoms with Gasteiger partial charge in [0.05, 0.1) is 18.3 Å². The van der Waals surface area contributed by atoms with Crippen LogP contribution in [0.5, 0.6) is 0 Å². The Morgan fingerprint density at radius 2 is 2.21 bits per heavy atom. The molecule has 0 atom stereocenters. The van der Waals surface area contributed by atoms with Crippen LogP contribution in [-0.4, -0.2) is 35.6 Å². The molecule has 0 bridgehead atoms. The van der Waals surface area contributed by atoms with Crippen molar-refractivity contribution < 1.29 is 9.21 Å². The molecule has 2 N–H and O–H groups in total. The summed E-state index contributed by atoms with van der Waals surface area (Å²) in [7, 11) is 0. The fourth-order valence-corrected chi connectivity index (χ4v) is 2.77. The number of rotatable bonds is 6. The Kier molecular flexibility index (Phi) is 4.67. The van der Waals surface area contributed by atoms with E-state index in [0.717, 1.165) is 5.56 Å². The largest absolute Gasteiger partial charge is 0.419 e. The summed E-state index contributed by atoms with van der Waals surface area (Å²) >= 11 is 0. The molecular weight excluding hydrogens is 362 g/mol. The Hall–Kier alpha value is -3.82. The molecule has 3 aromatic heterocycles. The maximum atomic E-state index is 12.2. The van der Waals surface area contributed by atoms with E-state index in [1.807, 2.05) is 19.1 Å². The first-order valence-electron chi connectivity index (χ1n) is 8.64. The highest BCUT2D eigenvalue weighted by molar-refractivity contribution is 5.77. The van der Waals surface area contributed by atoms with Crippen molar-refractivity contribution in [2.45, 2.75) is 26.4 Å². The van der Waals surface area contributed by atoms with Gasteiger partial charge in [-0.2, -0.15) is 5.10 Å². The Morgan fingerprint density at radius 1 is 1.32 bits per heavy atom. The molecule has 0 unspecified atom stereocenters. The minimum Gasteiger partial charge on any atom is -0.408 e. The molecule has 28 heavy (non-hydrogen) atoms. The second-order valence-electron chi connectivity index (χ2n) is 6.21. The average Bonchev–Trinajstić information content (AvgIpc) is 3.29. The quantitative estimate of drug-likeness (QED) is 0.514. The van der Waals surface area contributed by atoms with Gasteiger partial charge in [0.1, 0.15) is 11.5 Å². The highest BCUT2D eigenvalue weighted by Crippen LogP contribution is 2.15. The molecule has 0 saturated heterocycles. The minimum atomic E-state index is -0.475. The van der Waals surface area contributed by atoms with Crippen molar-refractivity contribution in [2.75, 3.05) is 0 Å². The smallest absolute Gasteiger partial charge is 0.408 e. The molecule has 0 spiro atoms. The van der Waals surface area contributed by atoms with Crippen LogP contribution in [0.25, 0.3) is 22.6 Å². The van der Waals surface area contributed by atoms with Crippen LogP contribution < -0.4 is 11.1 Å². The first-order valence-corrected chi connectivity index (χ1v) is 8.64. The molecular formula is C18H17N7O3. The number of benzene rings is 1. The van der Waals surface area contributed by atoms with E-state index < -0.39 is 5.76 Å². The van der Waals surface area contributed by atoms with E-state index in [4.69, 9.17) is 4.42 Å². The molecule has 0 radical (unpaired) electrons. The van der Waals surface area contributed by atoms with Crippen LogP contribution in [0.1, 0.15) is 17.8 Å². The van der Waals surface area contributed by atoms with Crippen molar-refractivity contribution in [1.29, 1.82) is 0 Å². The number of nitrogens with zero attached hydrogens (tertiary/aromatic N) is 5. The first kappa shape index (κ1) is 17.6. The van der Waals surface area contributed by atoms with Gasteiger partial charge in [-0.15, -0.1) is 0 Å². The molecule has 10 heteroatoms. The number of hydrogen-bond donors (Lipinski definition) is 2. The highest BCUT2D eigenvalue weighted by atomic mass is 16.4. The van der Waals surface area contributed by atoms with Crippen molar-refractivity contribution in [3.8, 4) is 11.5 Å². The second-order valence-corrected chi connectivity index (χ2v) is 6.21. The lowest BCUT2D eigenvalue weighted by molar-refractivity contribution is -0.121. The number of fused-ring (bicyclic) bond motifs is 1. The summed E-state index contributed by atoms with van der Waals surface area (Å²) in [5, 5.41) is 9.56. The normalized spacial score (nSPS) is 11.0. The molecule has 0 aliphatic carbocycles. The monoisotopic (exact) mass is 379 g/mol. The summed E-state index contributed by atoms with van der Waals surface area (Å²) < 4.78 is 6.66. The topological polar surface area (TPSA) is 132 Å². The zero-order chi connectivity index (χ0) is 19.5. The van der Waals surface area contributed by atoms with E-state index in [9.17, 15) is 9.59 Å². The lowest BCUT2D eigenvalue weighted by Crippen LogP contribution is -2.26. The third-order valence-electron chi connectivity index (χ3n) is 4.16. The zero-order valence-corrected chi connectivity index (χ0v) is 15.0. The molecule has 1 amide bonds. The van der Waals surface area contributed by atoms with Crippen LogP contribution in [0.2, 0.25) is 0 Å². The van der Waals surface area contributed by atoms with Crippen LogP contribution in [0.15, 0.2) is 46.0 Å². The summed E-state index contributed by atoms with van der Waals surface area (Å²) in [6.45, 7) is 2.34. The number of H-pyrrole nitrogens is 1. The summed E-state index contributed by atoms with van der Waals surface area (Å²) in [6.07, 6.45) is 4.80. The van der Waals surface area contributed by atoms with E-state index in [0.29, 0.717) is 28.4 Å². The Balaban J connectivity index is 1.36. The summed E-state index contributed by atoms with van der Waals surface area (Å²) in [6, 6.07) is 5.48. The first-order chi connectivity index (χ1) is 13.6. The molecule has 10 nitrogen and oxygen atoms in total. The number of aromatic amines is 1. The number of oxazole rings is 1. The lowest BCUT2D eigenvalue weighted by Gasteiger charge is -2.04. The fraction of sp³-hybridized carbons (Fsp3) is 0.222. The average molecular weight is 379 g/mol. The van der Waals surface area contributed by atoms with E-state index in [1.54, 1.807) is 24.7 Å². The predicted octanol–water partition coefficient (Wildman–Crippen LogP) is 1.18. The van der Waals surface area contributed by atoms with Crippen LogP contribution in [-0.2, 0) is 17.9 Å². The van der Waals surface area contributed by atoms with Crippen LogP contribution >= 0.6 is 0 Å². The lowest BCUT2D eigenvalue weighted by atomic mass is 10.2. The maximum Gasteiger partial charge on any atom is 0.419 e. The molecule has 0 saturated carbocycles. The van der Waals surface area contributed by atoms with Crippen molar-refractivity contribution in [3.05, 3.63) is 58.7 Å². The molecule has 3 heterocycles. The highest BCUT2D eigenvalue weighted by Gasteiger charge is 2.12. The molecule has 0 aliphatic rings. The van der Waals surface area contributed by atoms with E-state index in [-0.39, 0.29) is 25.4 Å². The third-order valence-corrected chi connectivity index (χ3v) is 4.16. The van der Waals surface area contributed by atoms with Crippen molar-refractivity contribution >= 4 is 17.0 Å². The number of carbonyl (C=O) groups is 1. The van der Waals surface area contributed by atoms with Gasteiger partial charge in [-0.25, -0.2) is 14.8 Å². The summed E-state index contributed by atoms with van der Waals surface area (Å²) in [5.41, 5.74) is 2.74. The third kappa shape index (κ3) is 3.65. The van der Waals surface area contributed by atoms with Crippen molar-refractivity contribution in [1.82, 2.24) is 35.0 Å². The van der Waals surface area contributed by atoms with Gasteiger partial charge in [-0.3, -0.25) is 19.4 Å².